The van der Waals surface area contributed by atoms with E-state index in [0.29, 0.717) is 11.3 Å². The highest BCUT2D eigenvalue weighted by atomic mass is 16.4. The number of carbonyl (C=O) groups is 3. The molecule has 108 valence electrons. The third-order valence-corrected chi connectivity index (χ3v) is 2.94. The van der Waals surface area contributed by atoms with Crippen molar-refractivity contribution in [3.8, 4) is 0 Å². The fraction of sp³-hybridized carbons (Fsp3) is 0.357. The predicted octanol–water partition coefficient (Wildman–Crippen LogP) is 1.48. The molecule has 1 aromatic carbocycles. The molecule has 0 aliphatic heterocycles. The van der Waals surface area contributed by atoms with E-state index in [4.69, 9.17) is 5.11 Å². The third kappa shape index (κ3) is 4.38. The molecular weight excluding hydrogens is 260 g/mol. The van der Waals surface area contributed by atoms with Crippen LogP contribution in [0.3, 0.4) is 0 Å². The Morgan fingerprint density at radius 1 is 1.20 bits per heavy atom. The number of carbonyl (C=O) groups excluding carboxylic acids is 2. The van der Waals surface area contributed by atoms with Crippen molar-refractivity contribution < 1.29 is 19.5 Å². The van der Waals surface area contributed by atoms with E-state index < -0.39 is 17.9 Å². The highest BCUT2D eigenvalue weighted by molar-refractivity contribution is 5.97. The summed E-state index contributed by atoms with van der Waals surface area (Å²) in [7, 11) is 0. The number of benzene rings is 1. The molecule has 6 heteroatoms. The molecule has 0 spiro atoms. The largest absolute Gasteiger partial charge is 0.481 e. The zero-order valence-corrected chi connectivity index (χ0v) is 11.6. The van der Waals surface area contributed by atoms with Crippen LogP contribution >= 0.6 is 0 Å². The molecule has 1 rings (SSSR count). The number of anilines is 1. The number of amides is 2. The molecule has 0 saturated heterocycles. The molecule has 0 aliphatic carbocycles. The van der Waals surface area contributed by atoms with Crippen LogP contribution in [0.4, 0.5) is 5.69 Å². The number of aliphatic carboxylic acids is 1. The molecular formula is C14H18N2O4. The van der Waals surface area contributed by atoms with Gasteiger partial charge >= 0.3 is 5.97 Å². The minimum Gasteiger partial charge on any atom is -0.481 e. The van der Waals surface area contributed by atoms with E-state index in [1.165, 1.54) is 19.9 Å². The van der Waals surface area contributed by atoms with Gasteiger partial charge in [-0.25, -0.2) is 0 Å². The van der Waals surface area contributed by atoms with Gasteiger partial charge in [0.25, 0.3) is 5.91 Å². The van der Waals surface area contributed by atoms with Crippen LogP contribution in [-0.2, 0) is 9.59 Å². The van der Waals surface area contributed by atoms with Gasteiger partial charge in [0.05, 0.1) is 5.92 Å². The maximum absolute atomic E-state index is 12.0. The summed E-state index contributed by atoms with van der Waals surface area (Å²) in [6, 6.07) is 5.95. The van der Waals surface area contributed by atoms with Gasteiger partial charge in [0.1, 0.15) is 0 Å². The molecule has 0 radical (unpaired) electrons. The van der Waals surface area contributed by atoms with Crippen molar-refractivity contribution in [2.75, 3.05) is 5.32 Å². The first-order chi connectivity index (χ1) is 9.31. The summed E-state index contributed by atoms with van der Waals surface area (Å²) < 4.78 is 0. The van der Waals surface area contributed by atoms with Crippen LogP contribution in [-0.4, -0.2) is 28.9 Å². The van der Waals surface area contributed by atoms with Crippen molar-refractivity contribution in [3.63, 3.8) is 0 Å². The Balaban J connectivity index is 2.77. The Bertz CT molecular complexity index is 528. The average Bonchev–Trinajstić information content (AvgIpc) is 2.37. The van der Waals surface area contributed by atoms with E-state index in [1.807, 2.05) is 0 Å². The summed E-state index contributed by atoms with van der Waals surface area (Å²) >= 11 is 0. The Morgan fingerprint density at radius 3 is 2.40 bits per heavy atom. The summed E-state index contributed by atoms with van der Waals surface area (Å²) in [5, 5.41) is 14.1. The molecule has 0 bridgehead atoms. The van der Waals surface area contributed by atoms with Crippen LogP contribution in [0.5, 0.6) is 0 Å². The lowest BCUT2D eigenvalue weighted by Gasteiger charge is -2.18. The monoisotopic (exact) mass is 278 g/mol. The van der Waals surface area contributed by atoms with Gasteiger partial charge in [-0.1, -0.05) is 6.07 Å². The van der Waals surface area contributed by atoms with Gasteiger partial charge in [0.2, 0.25) is 5.91 Å². The molecule has 2 unspecified atom stereocenters. The molecule has 0 fully saturated rings. The summed E-state index contributed by atoms with van der Waals surface area (Å²) in [5.74, 6) is -2.25. The Kier molecular flexibility index (Phi) is 5.25. The second-order valence-electron chi connectivity index (χ2n) is 4.65. The fourth-order valence-electron chi connectivity index (χ4n) is 1.57. The minimum atomic E-state index is -0.968. The SMILES string of the molecule is CC(=O)Nc1cccc(C(=O)NC(C)C(C)C(=O)O)c1. The van der Waals surface area contributed by atoms with E-state index in [1.54, 1.807) is 25.1 Å². The Morgan fingerprint density at radius 2 is 1.85 bits per heavy atom. The number of nitrogens with one attached hydrogen (secondary N) is 2. The number of carboxylic acid groups (broad SMARTS) is 1. The lowest BCUT2D eigenvalue weighted by Crippen LogP contribution is -2.40. The molecule has 0 aromatic heterocycles. The summed E-state index contributed by atoms with van der Waals surface area (Å²) in [6.45, 7) is 4.54. The molecule has 0 saturated carbocycles. The van der Waals surface area contributed by atoms with Gasteiger partial charge in [-0.15, -0.1) is 0 Å². The van der Waals surface area contributed by atoms with E-state index >= 15 is 0 Å². The highest BCUT2D eigenvalue weighted by Crippen LogP contribution is 2.11. The molecule has 2 atom stereocenters. The summed E-state index contributed by atoms with van der Waals surface area (Å²) in [4.78, 5) is 33.8. The summed E-state index contributed by atoms with van der Waals surface area (Å²) in [6.07, 6.45) is 0. The van der Waals surface area contributed by atoms with E-state index in [2.05, 4.69) is 10.6 Å². The van der Waals surface area contributed by atoms with E-state index in [9.17, 15) is 14.4 Å². The van der Waals surface area contributed by atoms with Gasteiger partial charge in [0.15, 0.2) is 0 Å². The molecule has 0 aliphatic rings. The number of rotatable bonds is 5. The lowest BCUT2D eigenvalue weighted by atomic mass is 10.0. The standard InChI is InChI=1S/C14H18N2O4/c1-8(14(19)20)9(2)15-13(18)11-5-4-6-12(7-11)16-10(3)17/h4-9H,1-3H3,(H,15,18)(H,16,17)(H,19,20). The second-order valence-corrected chi connectivity index (χ2v) is 4.65. The molecule has 1 aromatic rings. The maximum atomic E-state index is 12.0. The quantitative estimate of drug-likeness (QED) is 0.760. The number of hydrogen-bond donors (Lipinski definition) is 3. The molecule has 20 heavy (non-hydrogen) atoms. The zero-order valence-electron chi connectivity index (χ0n) is 11.6. The number of hydrogen-bond acceptors (Lipinski definition) is 3. The first kappa shape index (κ1) is 15.7. The van der Waals surface area contributed by atoms with Gasteiger partial charge < -0.3 is 15.7 Å². The van der Waals surface area contributed by atoms with Crippen LogP contribution < -0.4 is 10.6 Å². The maximum Gasteiger partial charge on any atom is 0.308 e. The molecule has 0 heterocycles. The first-order valence-corrected chi connectivity index (χ1v) is 6.22. The highest BCUT2D eigenvalue weighted by Gasteiger charge is 2.21. The van der Waals surface area contributed by atoms with Gasteiger partial charge in [-0.2, -0.15) is 0 Å². The van der Waals surface area contributed by atoms with Crippen LogP contribution in [0.25, 0.3) is 0 Å². The van der Waals surface area contributed by atoms with Crippen LogP contribution in [0.2, 0.25) is 0 Å². The van der Waals surface area contributed by atoms with Crippen molar-refractivity contribution in [2.45, 2.75) is 26.8 Å². The van der Waals surface area contributed by atoms with Crippen molar-refractivity contribution in [1.29, 1.82) is 0 Å². The van der Waals surface area contributed by atoms with Crippen molar-refractivity contribution in [2.24, 2.45) is 5.92 Å². The predicted molar refractivity (Wildman–Crippen MR) is 74.5 cm³/mol. The second kappa shape index (κ2) is 6.70. The summed E-state index contributed by atoms with van der Waals surface area (Å²) in [5.41, 5.74) is 0.879. The Hall–Kier alpha value is -2.37. The topological polar surface area (TPSA) is 95.5 Å². The fourth-order valence-corrected chi connectivity index (χ4v) is 1.57. The molecule has 6 nitrogen and oxygen atoms in total. The minimum absolute atomic E-state index is 0.226. The van der Waals surface area contributed by atoms with Crippen LogP contribution in [0.1, 0.15) is 31.1 Å². The Labute approximate surface area is 117 Å². The lowest BCUT2D eigenvalue weighted by molar-refractivity contribution is -0.141. The average molecular weight is 278 g/mol. The van der Waals surface area contributed by atoms with E-state index in [-0.39, 0.29) is 11.8 Å². The van der Waals surface area contributed by atoms with Gasteiger partial charge in [-0.3, -0.25) is 14.4 Å². The normalized spacial score (nSPS) is 13.2. The van der Waals surface area contributed by atoms with Crippen molar-refractivity contribution in [3.05, 3.63) is 29.8 Å². The van der Waals surface area contributed by atoms with Crippen LogP contribution in [0.15, 0.2) is 24.3 Å². The van der Waals surface area contributed by atoms with Gasteiger partial charge in [0, 0.05) is 24.2 Å². The zero-order chi connectivity index (χ0) is 15.3. The first-order valence-electron chi connectivity index (χ1n) is 6.22. The molecule has 3 N–H and O–H groups in total. The van der Waals surface area contributed by atoms with Crippen LogP contribution in [0, 0.1) is 5.92 Å². The van der Waals surface area contributed by atoms with E-state index in [0.717, 1.165) is 0 Å². The smallest absolute Gasteiger partial charge is 0.308 e. The third-order valence-electron chi connectivity index (χ3n) is 2.94. The molecule has 2 amide bonds. The van der Waals surface area contributed by atoms with Gasteiger partial charge in [-0.05, 0) is 32.0 Å². The number of carboxylic acids is 1. The van der Waals surface area contributed by atoms with Crippen molar-refractivity contribution in [1.82, 2.24) is 5.32 Å². The van der Waals surface area contributed by atoms with Crippen molar-refractivity contribution >= 4 is 23.5 Å².